The molecule has 1 amide bonds. The van der Waals surface area contributed by atoms with Crippen molar-refractivity contribution >= 4 is 29.4 Å². The normalized spacial score (nSPS) is 11.0. The number of pyridine rings is 1. The van der Waals surface area contributed by atoms with Crippen LogP contribution in [0.15, 0.2) is 73.1 Å². The van der Waals surface area contributed by atoms with Crippen LogP contribution >= 0.6 is 0 Å². The van der Waals surface area contributed by atoms with Gasteiger partial charge in [0.15, 0.2) is 0 Å². The number of rotatable bonds is 8. The number of benzene rings is 2. The maximum Gasteiger partial charge on any atom is 0.251 e. The van der Waals surface area contributed by atoms with Gasteiger partial charge in [0.05, 0.1) is 0 Å². The maximum absolute atomic E-state index is 12.4. The summed E-state index contributed by atoms with van der Waals surface area (Å²) in [6.07, 6.45) is 8.67. The average Bonchev–Trinajstić information content (AvgIpc) is 2.73. The number of hydrogen-bond acceptors (Lipinski definition) is 3. The van der Waals surface area contributed by atoms with Crippen molar-refractivity contribution < 1.29 is 4.79 Å². The van der Waals surface area contributed by atoms with Crippen molar-refractivity contribution in [3.05, 3.63) is 89.7 Å². The largest absolute Gasteiger partial charge is 0.355 e. The molecule has 0 fully saturated rings. The van der Waals surface area contributed by atoms with E-state index in [1.165, 1.54) is 0 Å². The van der Waals surface area contributed by atoms with Crippen LogP contribution in [0.3, 0.4) is 0 Å². The number of nitrogens with one attached hydrogen (secondary N) is 2. The molecule has 4 heteroatoms. The highest BCUT2D eigenvalue weighted by atomic mass is 16.1. The number of amides is 1. The quantitative estimate of drug-likeness (QED) is 0.517. The number of hydrogen-bond donors (Lipinski definition) is 2. The third-order valence-corrected chi connectivity index (χ3v) is 4.48. The molecular formula is C25H27N3O. The summed E-state index contributed by atoms with van der Waals surface area (Å²) in [7, 11) is 0. The lowest BCUT2D eigenvalue weighted by Gasteiger charge is -2.10. The van der Waals surface area contributed by atoms with Crippen LogP contribution < -0.4 is 10.6 Å². The van der Waals surface area contributed by atoms with Crippen molar-refractivity contribution in [3.63, 3.8) is 0 Å². The minimum absolute atomic E-state index is 0.0386. The van der Waals surface area contributed by atoms with Gasteiger partial charge in [0, 0.05) is 35.9 Å². The number of nitrogens with zero attached hydrogens (tertiary/aromatic N) is 1. The third kappa shape index (κ3) is 6.61. The highest BCUT2D eigenvalue weighted by molar-refractivity contribution is 5.95. The molecule has 1 aromatic heterocycles. The van der Waals surface area contributed by atoms with Crippen LogP contribution in [-0.4, -0.2) is 17.4 Å². The van der Waals surface area contributed by atoms with Crippen LogP contribution in [-0.2, 0) is 0 Å². The van der Waals surface area contributed by atoms with E-state index in [-0.39, 0.29) is 5.91 Å². The summed E-state index contributed by atoms with van der Waals surface area (Å²) < 4.78 is 0. The molecule has 0 unspecified atom stereocenters. The Morgan fingerprint density at radius 1 is 0.931 bits per heavy atom. The van der Waals surface area contributed by atoms with Gasteiger partial charge in [-0.15, -0.1) is 0 Å². The van der Waals surface area contributed by atoms with Crippen LogP contribution in [0, 0.1) is 5.92 Å². The van der Waals surface area contributed by atoms with E-state index in [0.717, 1.165) is 28.9 Å². The fourth-order valence-corrected chi connectivity index (χ4v) is 2.87. The van der Waals surface area contributed by atoms with Crippen molar-refractivity contribution in [2.24, 2.45) is 5.92 Å². The molecular weight excluding hydrogens is 358 g/mol. The molecule has 148 valence electrons. The molecule has 1 heterocycles. The average molecular weight is 386 g/mol. The standard InChI is InChI=1S/C25H27N3O/c1-19(2)11-16-27-25(29)22-6-4-8-24(18-22)28-23-7-3-5-21(17-23)10-9-20-12-14-26-15-13-20/h3-10,12-15,17-19,28H,11,16H2,1-2H3,(H,27,29)/b10-9+. The van der Waals surface area contributed by atoms with E-state index in [1.807, 2.05) is 48.5 Å². The Bertz CT molecular complexity index is 965. The van der Waals surface area contributed by atoms with Crippen LogP contribution in [0.4, 0.5) is 11.4 Å². The maximum atomic E-state index is 12.4. The summed E-state index contributed by atoms with van der Waals surface area (Å²) in [4.78, 5) is 16.4. The molecule has 0 bridgehead atoms. The monoisotopic (exact) mass is 385 g/mol. The van der Waals surface area contributed by atoms with Crippen molar-refractivity contribution in [1.29, 1.82) is 0 Å². The minimum Gasteiger partial charge on any atom is -0.355 e. The van der Waals surface area contributed by atoms with E-state index in [9.17, 15) is 4.79 Å². The lowest BCUT2D eigenvalue weighted by atomic mass is 10.1. The van der Waals surface area contributed by atoms with E-state index < -0.39 is 0 Å². The van der Waals surface area contributed by atoms with E-state index >= 15 is 0 Å². The second-order valence-corrected chi connectivity index (χ2v) is 7.38. The molecule has 0 radical (unpaired) electrons. The van der Waals surface area contributed by atoms with Crippen LogP contribution in [0.1, 0.15) is 41.8 Å². The zero-order valence-electron chi connectivity index (χ0n) is 16.9. The molecule has 0 atom stereocenters. The molecule has 3 aromatic rings. The molecule has 29 heavy (non-hydrogen) atoms. The molecule has 0 aliphatic carbocycles. The molecule has 0 saturated heterocycles. The molecule has 0 saturated carbocycles. The van der Waals surface area contributed by atoms with Crippen LogP contribution in [0.2, 0.25) is 0 Å². The topological polar surface area (TPSA) is 54.0 Å². The predicted octanol–water partition coefficient (Wildman–Crippen LogP) is 5.77. The predicted molar refractivity (Wildman–Crippen MR) is 121 cm³/mol. The highest BCUT2D eigenvalue weighted by Crippen LogP contribution is 2.20. The zero-order chi connectivity index (χ0) is 20.5. The highest BCUT2D eigenvalue weighted by Gasteiger charge is 2.06. The van der Waals surface area contributed by atoms with Gasteiger partial charge in [-0.1, -0.05) is 44.2 Å². The third-order valence-electron chi connectivity index (χ3n) is 4.48. The molecule has 0 spiro atoms. The first-order chi connectivity index (χ1) is 14.1. The number of anilines is 2. The summed E-state index contributed by atoms with van der Waals surface area (Å²) in [6.45, 7) is 4.99. The van der Waals surface area contributed by atoms with Crippen molar-refractivity contribution in [1.82, 2.24) is 10.3 Å². The number of carbonyl (C=O) groups excluding carboxylic acids is 1. The Morgan fingerprint density at radius 2 is 1.62 bits per heavy atom. The Hall–Kier alpha value is -3.40. The van der Waals surface area contributed by atoms with Crippen molar-refractivity contribution in [2.75, 3.05) is 11.9 Å². The summed E-state index contributed by atoms with van der Waals surface area (Å²) in [6, 6.07) is 19.7. The Labute approximate surface area is 172 Å². The molecule has 2 aromatic carbocycles. The van der Waals surface area contributed by atoms with Crippen LogP contribution in [0.25, 0.3) is 12.2 Å². The van der Waals surface area contributed by atoms with Gasteiger partial charge >= 0.3 is 0 Å². The van der Waals surface area contributed by atoms with Gasteiger partial charge in [0.25, 0.3) is 5.91 Å². The molecule has 0 aliphatic rings. The first-order valence-electron chi connectivity index (χ1n) is 9.93. The van der Waals surface area contributed by atoms with Gasteiger partial charge in [0.2, 0.25) is 0 Å². The van der Waals surface area contributed by atoms with E-state index in [1.54, 1.807) is 12.4 Å². The summed E-state index contributed by atoms with van der Waals surface area (Å²) >= 11 is 0. The summed E-state index contributed by atoms with van der Waals surface area (Å²) in [5.41, 5.74) is 4.72. The number of carbonyl (C=O) groups is 1. The first kappa shape index (κ1) is 20.3. The van der Waals surface area contributed by atoms with Gasteiger partial charge in [-0.2, -0.15) is 0 Å². The van der Waals surface area contributed by atoms with Crippen LogP contribution in [0.5, 0.6) is 0 Å². The molecule has 0 aliphatic heterocycles. The van der Waals surface area contributed by atoms with Gasteiger partial charge in [-0.25, -0.2) is 0 Å². The Kier molecular flexibility index (Phi) is 7.17. The Balaban J connectivity index is 1.66. The second kappa shape index (κ2) is 10.2. The van der Waals surface area contributed by atoms with Gasteiger partial charge in [-0.3, -0.25) is 9.78 Å². The summed E-state index contributed by atoms with van der Waals surface area (Å²) in [5.74, 6) is 0.534. The lowest BCUT2D eigenvalue weighted by Crippen LogP contribution is -2.25. The minimum atomic E-state index is -0.0386. The lowest BCUT2D eigenvalue weighted by molar-refractivity contribution is 0.0952. The zero-order valence-corrected chi connectivity index (χ0v) is 16.9. The first-order valence-corrected chi connectivity index (χ1v) is 9.93. The van der Waals surface area contributed by atoms with E-state index in [2.05, 4.69) is 53.7 Å². The van der Waals surface area contributed by atoms with Crippen molar-refractivity contribution in [2.45, 2.75) is 20.3 Å². The number of aromatic nitrogens is 1. The fourth-order valence-electron chi connectivity index (χ4n) is 2.87. The van der Waals surface area contributed by atoms with Gasteiger partial charge in [0.1, 0.15) is 0 Å². The van der Waals surface area contributed by atoms with Gasteiger partial charge in [-0.05, 0) is 65.9 Å². The van der Waals surface area contributed by atoms with Gasteiger partial charge < -0.3 is 10.6 Å². The second-order valence-electron chi connectivity index (χ2n) is 7.38. The Morgan fingerprint density at radius 3 is 2.38 bits per heavy atom. The molecule has 2 N–H and O–H groups in total. The SMILES string of the molecule is CC(C)CCNC(=O)c1cccc(Nc2cccc(/C=C/c3ccncc3)c2)c1. The van der Waals surface area contributed by atoms with E-state index in [0.29, 0.717) is 18.0 Å². The van der Waals surface area contributed by atoms with E-state index in [4.69, 9.17) is 0 Å². The van der Waals surface area contributed by atoms with Crippen molar-refractivity contribution in [3.8, 4) is 0 Å². The summed E-state index contributed by atoms with van der Waals surface area (Å²) in [5, 5.41) is 6.37. The molecule has 3 rings (SSSR count). The molecule has 4 nitrogen and oxygen atoms in total. The fraction of sp³-hybridized carbons (Fsp3) is 0.200. The smallest absolute Gasteiger partial charge is 0.251 e.